The van der Waals surface area contributed by atoms with E-state index in [0.29, 0.717) is 5.75 Å². The molecule has 3 heteroatoms. The summed E-state index contributed by atoms with van der Waals surface area (Å²) in [5.74, 6) is 0.0942. The van der Waals surface area contributed by atoms with Crippen molar-refractivity contribution in [1.29, 1.82) is 0 Å². The molecule has 0 radical (unpaired) electrons. The van der Waals surface area contributed by atoms with Crippen molar-refractivity contribution < 1.29 is 15.0 Å². The van der Waals surface area contributed by atoms with Crippen LogP contribution in [0.1, 0.15) is 146 Å². The fourth-order valence-corrected chi connectivity index (χ4v) is 4.30. The maximum absolute atomic E-state index is 11.5. The number of unbranched alkanes of at least 4 members (excludes halogenated alkanes) is 9. The molecule has 0 fully saturated rings. The van der Waals surface area contributed by atoms with E-state index >= 15 is 0 Å². The first-order valence-electron chi connectivity index (χ1n) is 12.4. The number of rotatable bonds is 16. The Balaban J connectivity index is 2.66. The van der Waals surface area contributed by atoms with Gasteiger partial charge in [0.25, 0.3) is 0 Å². The van der Waals surface area contributed by atoms with Gasteiger partial charge >= 0.3 is 5.97 Å². The van der Waals surface area contributed by atoms with Crippen LogP contribution in [0.4, 0.5) is 0 Å². The van der Waals surface area contributed by atoms with Crippen molar-refractivity contribution in [2.75, 3.05) is 0 Å². The molecule has 0 bridgehead atoms. The minimum atomic E-state index is -0.739. The molecule has 30 heavy (non-hydrogen) atoms. The van der Waals surface area contributed by atoms with Crippen LogP contribution in [-0.2, 0) is 4.79 Å². The predicted molar refractivity (Wildman–Crippen MR) is 128 cm³/mol. The molecule has 3 nitrogen and oxygen atoms in total. The normalized spacial score (nSPS) is 12.6. The molecule has 0 saturated carbocycles. The second-order valence-electron chi connectivity index (χ2n) is 9.62. The molecule has 0 aliphatic carbocycles. The number of hydrogen-bond donors (Lipinski definition) is 2. The first kappa shape index (κ1) is 26.5. The smallest absolute Gasteiger partial charge is 0.303 e. The number of benzene rings is 1. The molecular weight excluding hydrogens is 372 g/mol. The molecule has 172 valence electrons. The minimum Gasteiger partial charge on any atom is -0.507 e. The van der Waals surface area contributed by atoms with Gasteiger partial charge in [0.05, 0.1) is 6.42 Å². The Morgan fingerprint density at radius 2 is 1.23 bits per heavy atom. The van der Waals surface area contributed by atoms with Gasteiger partial charge in [0.1, 0.15) is 5.75 Å². The molecule has 0 aromatic heterocycles. The van der Waals surface area contributed by atoms with Crippen molar-refractivity contribution in [3.05, 3.63) is 28.8 Å². The number of carboxylic acid groups (broad SMARTS) is 1. The van der Waals surface area contributed by atoms with E-state index in [4.69, 9.17) is 0 Å². The Labute approximate surface area is 185 Å². The number of hydrogen-bond acceptors (Lipinski definition) is 2. The number of phenols is 1. The van der Waals surface area contributed by atoms with Crippen molar-refractivity contribution in [3.63, 3.8) is 0 Å². The van der Waals surface area contributed by atoms with E-state index in [1.54, 1.807) is 0 Å². The zero-order valence-electron chi connectivity index (χ0n) is 20.2. The van der Waals surface area contributed by atoms with Crippen LogP contribution in [0.15, 0.2) is 12.1 Å². The summed E-state index contributed by atoms with van der Waals surface area (Å²) in [6, 6.07) is 4.10. The van der Waals surface area contributed by atoms with Gasteiger partial charge in [-0.3, -0.25) is 4.79 Å². The van der Waals surface area contributed by atoms with E-state index in [9.17, 15) is 15.0 Å². The molecule has 2 N–H and O–H groups in total. The zero-order valence-corrected chi connectivity index (χ0v) is 20.2. The lowest BCUT2D eigenvalue weighted by molar-refractivity contribution is -0.137. The second-order valence-corrected chi connectivity index (χ2v) is 9.62. The second kappa shape index (κ2) is 14.5. The summed E-state index contributed by atoms with van der Waals surface area (Å²) in [6.45, 7) is 10.6. The van der Waals surface area contributed by atoms with Crippen LogP contribution in [-0.4, -0.2) is 16.2 Å². The largest absolute Gasteiger partial charge is 0.507 e. The molecule has 0 amide bonds. The Morgan fingerprint density at radius 3 is 1.63 bits per heavy atom. The molecule has 0 aliphatic heterocycles. The van der Waals surface area contributed by atoms with Gasteiger partial charge in [-0.05, 0) is 40.9 Å². The average molecular weight is 419 g/mol. The number of carboxylic acids is 1. The van der Waals surface area contributed by atoms with Crippen molar-refractivity contribution >= 4 is 5.97 Å². The Morgan fingerprint density at radius 1 is 0.800 bits per heavy atom. The highest BCUT2D eigenvalue weighted by Crippen LogP contribution is 2.38. The summed E-state index contributed by atoms with van der Waals surface area (Å²) in [7, 11) is 0. The van der Waals surface area contributed by atoms with Crippen LogP contribution < -0.4 is 0 Å². The number of phenolic OH excluding ortho intramolecular Hbond substituents is 1. The Kier molecular flexibility index (Phi) is 12.8. The lowest BCUT2D eigenvalue weighted by atomic mass is 9.84. The minimum absolute atomic E-state index is 0.0205. The lowest BCUT2D eigenvalue weighted by Gasteiger charge is -2.22. The molecule has 1 rings (SSSR count). The van der Waals surface area contributed by atoms with E-state index in [2.05, 4.69) is 46.8 Å². The highest BCUT2D eigenvalue weighted by Gasteiger charge is 2.21. The fraction of sp³-hybridized carbons (Fsp3) is 0.741. The zero-order chi connectivity index (χ0) is 22.5. The fourth-order valence-electron chi connectivity index (χ4n) is 4.30. The topological polar surface area (TPSA) is 57.5 Å². The van der Waals surface area contributed by atoms with Crippen LogP contribution in [0.3, 0.4) is 0 Å². The van der Waals surface area contributed by atoms with E-state index < -0.39 is 5.97 Å². The highest BCUT2D eigenvalue weighted by atomic mass is 16.4. The maximum atomic E-state index is 11.5. The van der Waals surface area contributed by atoms with Crippen molar-refractivity contribution in [3.8, 4) is 5.75 Å². The van der Waals surface area contributed by atoms with Gasteiger partial charge in [0.15, 0.2) is 0 Å². The standard InChI is InChI=1S/C27H46O3/c1-6-7-8-9-10-11-12-13-14-15-16-22(19-26(28)29)23-17-24(20(2)3)27(30)25(18-23)21(4)5/h17-18,20-22,30H,6-16,19H2,1-5H3,(H,28,29). The summed E-state index contributed by atoms with van der Waals surface area (Å²) in [5.41, 5.74) is 2.96. The quantitative estimate of drug-likeness (QED) is 0.264. The summed E-state index contributed by atoms with van der Waals surface area (Å²) >= 11 is 0. The molecule has 0 saturated heterocycles. The summed E-state index contributed by atoms with van der Waals surface area (Å²) in [5, 5.41) is 20.1. The molecule has 1 unspecified atom stereocenters. The van der Waals surface area contributed by atoms with Crippen LogP contribution in [0.25, 0.3) is 0 Å². The van der Waals surface area contributed by atoms with Gasteiger partial charge in [-0.15, -0.1) is 0 Å². The van der Waals surface area contributed by atoms with Crippen molar-refractivity contribution in [2.24, 2.45) is 0 Å². The average Bonchev–Trinajstić information content (AvgIpc) is 2.68. The molecule has 0 spiro atoms. The van der Waals surface area contributed by atoms with Crippen LogP contribution in [0, 0.1) is 0 Å². The van der Waals surface area contributed by atoms with Gasteiger partial charge in [0, 0.05) is 0 Å². The Hall–Kier alpha value is -1.51. The summed E-state index contributed by atoms with van der Waals surface area (Å²) < 4.78 is 0. The molecule has 1 atom stereocenters. The molecule has 1 aromatic carbocycles. The molecule has 1 aromatic rings. The number of aliphatic carboxylic acids is 1. The maximum Gasteiger partial charge on any atom is 0.303 e. The summed E-state index contributed by atoms with van der Waals surface area (Å²) in [4.78, 5) is 11.5. The van der Waals surface area contributed by atoms with Crippen LogP contribution >= 0.6 is 0 Å². The first-order valence-corrected chi connectivity index (χ1v) is 12.4. The number of aromatic hydroxyl groups is 1. The first-order chi connectivity index (χ1) is 14.3. The third-order valence-corrected chi connectivity index (χ3v) is 6.23. The highest BCUT2D eigenvalue weighted by molar-refractivity contribution is 5.68. The SMILES string of the molecule is CCCCCCCCCCCCC(CC(=O)O)c1cc(C(C)C)c(O)c(C(C)C)c1. The van der Waals surface area contributed by atoms with Gasteiger partial charge in [-0.25, -0.2) is 0 Å². The third kappa shape index (κ3) is 9.53. The molecule has 0 heterocycles. The Bertz CT molecular complexity index is 590. The monoisotopic (exact) mass is 418 g/mol. The van der Waals surface area contributed by atoms with Gasteiger partial charge < -0.3 is 10.2 Å². The van der Waals surface area contributed by atoms with E-state index in [0.717, 1.165) is 29.5 Å². The lowest BCUT2D eigenvalue weighted by Crippen LogP contribution is -2.09. The van der Waals surface area contributed by atoms with E-state index in [1.165, 1.54) is 57.8 Å². The number of carbonyl (C=O) groups is 1. The third-order valence-electron chi connectivity index (χ3n) is 6.23. The van der Waals surface area contributed by atoms with E-state index in [1.807, 2.05) is 0 Å². The van der Waals surface area contributed by atoms with Crippen molar-refractivity contribution in [2.45, 2.75) is 129 Å². The van der Waals surface area contributed by atoms with Gasteiger partial charge in [-0.1, -0.05) is 111 Å². The predicted octanol–water partition coefficient (Wildman–Crippen LogP) is 8.51. The van der Waals surface area contributed by atoms with Gasteiger partial charge in [-0.2, -0.15) is 0 Å². The summed E-state index contributed by atoms with van der Waals surface area (Å²) in [6.07, 6.45) is 13.9. The van der Waals surface area contributed by atoms with Crippen LogP contribution in [0.2, 0.25) is 0 Å². The molecular formula is C27H46O3. The van der Waals surface area contributed by atoms with Crippen molar-refractivity contribution in [1.82, 2.24) is 0 Å². The van der Waals surface area contributed by atoms with Gasteiger partial charge in [0.2, 0.25) is 0 Å². The van der Waals surface area contributed by atoms with E-state index in [-0.39, 0.29) is 24.2 Å². The van der Waals surface area contributed by atoms with Crippen LogP contribution in [0.5, 0.6) is 5.75 Å². The molecule has 0 aliphatic rings.